The van der Waals surface area contributed by atoms with Crippen molar-refractivity contribution < 1.29 is 19.2 Å². The van der Waals surface area contributed by atoms with E-state index in [1.54, 1.807) is 0 Å². The Hall–Kier alpha value is -2.52. The molecular formula is C20H28N5O3S+. The number of aryl methyl sites for hydroxylation is 2. The highest BCUT2D eigenvalue weighted by Gasteiger charge is 2.23. The molecule has 2 aromatic rings. The van der Waals surface area contributed by atoms with Gasteiger partial charge in [0.05, 0.1) is 26.2 Å². The highest BCUT2D eigenvalue weighted by atomic mass is 32.1. The van der Waals surface area contributed by atoms with Crippen molar-refractivity contribution in [2.75, 3.05) is 44.6 Å². The van der Waals surface area contributed by atoms with E-state index in [0.29, 0.717) is 11.7 Å². The van der Waals surface area contributed by atoms with E-state index in [2.05, 4.69) is 22.4 Å². The smallest absolute Gasteiger partial charge is 0.226 e. The van der Waals surface area contributed by atoms with Crippen molar-refractivity contribution >= 4 is 28.3 Å². The first-order valence-corrected chi connectivity index (χ1v) is 10.7. The highest BCUT2D eigenvalue weighted by molar-refractivity contribution is 7.15. The number of carbonyl (C=O) groups is 2. The number of carbonyl (C=O) groups excluding carboxylic acids is 2. The first kappa shape index (κ1) is 21.2. The van der Waals surface area contributed by atoms with Crippen LogP contribution in [0.5, 0.6) is 5.75 Å². The molecule has 0 bridgehead atoms. The Morgan fingerprint density at radius 1 is 1.14 bits per heavy atom. The van der Waals surface area contributed by atoms with Crippen LogP contribution < -0.4 is 15.0 Å². The molecule has 2 heterocycles. The summed E-state index contributed by atoms with van der Waals surface area (Å²) in [6.45, 7) is 8.70. The van der Waals surface area contributed by atoms with E-state index in [0.717, 1.165) is 43.5 Å². The zero-order valence-electron chi connectivity index (χ0n) is 16.9. The zero-order valence-corrected chi connectivity index (χ0v) is 17.8. The number of nitrogens with zero attached hydrogens (tertiary/aromatic N) is 3. The summed E-state index contributed by atoms with van der Waals surface area (Å²) < 4.78 is 5.80. The summed E-state index contributed by atoms with van der Waals surface area (Å²) >= 11 is 1.32. The van der Waals surface area contributed by atoms with Gasteiger partial charge in [-0.25, -0.2) is 0 Å². The third-order valence-corrected chi connectivity index (χ3v) is 5.66. The number of aromatic nitrogens is 2. The Balaban J connectivity index is 1.30. The van der Waals surface area contributed by atoms with Crippen LogP contribution in [0, 0.1) is 13.8 Å². The number of piperazine rings is 1. The summed E-state index contributed by atoms with van der Waals surface area (Å²) in [5, 5.41) is 11.7. The molecule has 9 heteroatoms. The van der Waals surface area contributed by atoms with Crippen LogP contribution in [0.1, 0.15) is 23.4 Å². The van der Waals surface area contributed by atoms with Gasteiger partial charge in [0.25, 0.3) is 0 Å². The molecule has 0 aliphatic carbocycles. The molecule has 2 N–H and O–H groups in total. The van der Waals surface area contributed by atoms with Crippen molar-refractivity contribution in [2.45, 2.75) is 26.7 Å². The van der Waals surface area contributed by atoms with Gasteiger partial charge in [0.15, 0.2) is 0 Å². The molecule has 8 nitrogen and oxygen atoms in total. The molecule has 156 valence electrons. The number of benzene rings is 1. The van der Waals surface area contributed by atoms with E-state index in [9.17, 15) is 9.59 Å². The maximum Gasteiger partial charge on any atom is 0.226 e. The van der Waals surface area contributed by atoms with Crippen molar-refractivity contribution in [1.29, 1.82) is 0 Å². The number of quaternary nitrogens is 1. The Labute approximate surface area is 174 Å². The molecule has 1 aromatic heterocycles. The molecule has 2 amide bonds. The maximum absolute atomic E-state index is 12.4. The second kappa shape index (κ2) is 10.3. The lowest BCUT2D eigenvalue weighted by atomic mass is 10.2. The van der Waals surface area contributed by atoms with E-state index < -0.39 is 0 Å². The number of hydrogen-bond acceptors (Lipinski definition) is 6. The maximum atomic E-state index is 12.4. The predicted molar refractivity (Wildman–Crippen MR) is 111 cm³/mol. The van der Waals surface area contributed by atoms with Crippen molar-refractivity contribution in [3.05, 3.63) is 34.8 Å². The van der Waals surface area contributed by atoms with Crippen LogP contribution in [0.25, 0.3) is 0 Å². The predicted octanol–water partition coefficient (Wildman–Crippen LogP) is 0.680. The van der Waals surface area contributed by atoms with Crippen LogP contribution in [0.15, 0.2) is 24.3 Å². The molecule has 0 spiro atoms. The molecule has 0 radical (unpaired) electrons. The summed E-state index contributed by atoms with van der Waals surface area (Å²) in [6, 6.07) is 8.07. The van der Waals surface area contributed by atoms with E-state index in [4.69, 9.17) is 4.74 Å². The van der Waals surface area contributed by atoms with Gasteiger partial charge in [-0.2, -0.15) is 0 Å². The van der Waals surface area contributed by atoms with Gasteiger partial charge < -0.3 is 19.9 Å². The van der Waals surface area contributed by atoms with Gasteiger partial charge in [-0.3, -0.25) is 9.59 Å². The molecule has 0 atom stereocenters. The summed E-state index contributed by atoms with van der Waals surface area (Å²) in [4.78, 5) is 27.6. The number of ether oxygens (including phenoxy) is 1. The third-order valence-electron chi connectivity index (χ3n) is 4.91. The first-order chi connectivity index (χ1) is 14.0. The second-order valence-corrected chi connectivity index (χ2v) is 8.40. The van der Waals surface area contributed by atoms with E-state index in [-0.39, 0.29) is 24.7 Å². The molecule has 0 saturated carbocycles. The Morgan fingerprint density at radius 2 is 1.86 bits per heavy atom. The summed E-state index contributed by atoms with van der Waals surface area (Å²) in [5.41, 5.74) is 1.22. The Kier molecular flexibility index (Phi) is 7.54. The fraction of sp³-hybridized carbons (Fsp3) is 0.500. The van der Waals surface area contributed by atoms with Gasteiger partial charge in [0.1, 0.15) is 23.9 Å². The minimum atomic E-state index is -0.202. The normalized spacial score (nSPS) is 14.6. The van der Waals surface area contributed by atoms with E-state index >= 15 is 0 Å². The van der Waals surface area contributed by atoms with Gasteiger partial charge in [0.2, 0.25) is 16.9 Å². The number of hydrogen-bond donors (Lipinski definition) is 2. The fourth-order valence-corrected chi connectivity index (χ4v) is 3.79. The van der Waals surface area contributed by atoms with Crippen LogP contribution in [-0.2, 0) is 9.59 Å². The van der Waals surface area contributed by atoms with Gasteiger partial charge in [-0.15, -0.1) is 10.2 Å². The summed E-state index contributed by atoms with van der Waals surface area (Å²) in [7, 11) is 0. The van der Waals surface area contributed by atoms with Gasteiger partial charge in [-0.1, -0.05) is 29.0 Å². The molecule has 1 aliphatic heterocycles. The number of rotatable bonds is 8. The summed E-state index contributed by atoms with van der Waals surface area (Å²) in [6.07, 6.45) is 0.379. The van der Waals surface area contributed by atoms with Crippen LogP contribution in [-0.4, -0.2) is 66.2 Å². The molecule has 29 heavy (non-hydrogen) atoms. The van der Waals surface area contributed by atoms with Crippen LogP contribution in [0.2, 0.25) is 0 Å². The topological polar surface area (TPSA) is 88.9 Å². The third kappa shape index (κ3) is 6.79. The second-order valence-electron chi connectivity index (χ2n) is 7.22. The largest absolute Gasteiger partial charge is 0.488 e. The van der Waals surface area contributed by atoms with Crippen LogP contribution in [0.4, 0.5) is 5.13 Å². The van der Waals surface area contributed by atoms with Crippen molar-refractivity contribution in [1.82, 2.24) is 15.1 Å². The van der Waals surface area contributed by atoms with Crippen molar-refractivity contribution in [2.24, 2.45) is 0 Å². The quantitative estimate of drug-likeness (QED) is 0.658. The molecule has 0 unspecified atom stereocenters. The van der Waals surface area contributed by atoms with Gasteiger partial charge >= 0.3 is 0 Å². The monoisotopic (exact) mass is 418 g/mol. The van der Waals surface area contributed by atoms with Gasteiger partial charge in [0, 0.05) is 12.8 Å². The molecule has 1 aliphatic rings. The van der Waals surface area contributed by atoms with Gasteiger partial charge in [-0.05, 0) is 26.0 Å². The molecular weight excluding hydrogens is 390 g/mol. The van der Waals surface area contributed by atoms with Crippen molar-refractivity contribution in [3.63, 3.8) is 0 Å². The molecule has 3 rings (SSSR count). The lowest BCUT2D eigenvalue weighted by Crippen LogP contribution is -3.15. The lowest BCUT2D eigenvalue weighted by Gasteiger charge is -2.32. The van der Waals surface area contributed by atoms with E-state index in [1.807, 2.05) is 36.1 Å². The Morgan fingerprint density at radius 3 is 2.52 bits per heavy atom. The van der Waals surface area contributed by atoms with E-state index in [1.165, 1.54) is 21.8 Å². The average Bonchev–Trinajstić information content (AvgIpc) is 3.12. The minimum Gasteiger partial charge on any atom is -0.488 e. The zero-order chi connectivity index (χ0) is 20.6. The standard InChI is InChI=1S/C20H27N5O3S/c1-15-3-5-17(6-4-15)28-14-13-24-9-11-25(12-10-24)19(27)8-7-18(26)21-20-23-22-16(2)29-20/h3-6H,7-14H2,1-2H3,(H,21,23,26)/p+1. The summed E-state index contributed by atoms with van der Waals surface area (Å²) in [5.74, 6) is 0.723. The first-order valence-electron chi connectivity index (χ1n) is 9.90. The van der Waals surface area contributed by atoms with Crippen molar-refractivity contribution in [3.8, 4) is 5.75 Å². The average molecular weight is 419 g/mol. The number of amides is 2. The highest BCUT2D eigenvalue weighted by Crippen LogP contribution is 2.14. The molecule has 1 fully saturated rings. The number of nitrogens with one attached hydrogen (secondary N) is 2. The molecule has 1 saturated heterocycles. The van der Waals surface area contributed by atoms with Crippen LogP contribution >= 0.6 is 11.3 Å². The number of anilines is 1. The van der Waals surface area contributed by atoms with Crippen LogP contribution in [0.3, 0.4) is 0 Å². The minimum absolute atomic E-state index is 0.0311. The fourth-order valence-electron chi connectivity index (χ4n) is 3.18. The lowest BCUT2D eigenvalue weighted by molar-refractivity contribution is -0.904. The SMILES string of the molecule is Cc1ccc(OCC[NH+]2CCN(C(=O)CCC(=O)Nc3nnc(C)s3)CC2)cc1. The Bertz CT molecular complexity index is 816. The molecule has 1 aromatic carbocycles.